The number of anilines is 1. The van der Waals surface area contributed by atoms with Crippen LogP contribution in [0.3, 0.4) is 0 Å². The van der Waals surface area contributed by atoms with Gasteiger partial charge in [-0.2, -0.15) is 0 Å². The molecule has 0 atom stereocenters. The summed E-state index contributed by atoms with van der Waals surface area (Å²) in [5.41, 5.74) is 0.169. The van der Waals surface area contributed by atoms with E-state index in [-0.39, 0.29) is 11.3 Å². The van der Waals surface area contributed by atoms with Gasteiger partial charge < -0.3 is 10.0 Å². The summed E-state index contributed by atoms with van der Waals surface area (Å²) < 4.78 is 31.7. The lowest BCUT2D eigenvalue weighted by Gasteiger charge is -2.25. The van der Waals surface area contributed by atoms with Crippen LogP contribution in [0, 0.1) is 18.2 Å². The fourth-order valence-corrected chi connectivity index (χ4v) is 5.71. The molecular formula is C26H26F2N2O2S2. The molecule has 0 radical (unpaired) electrons. The first-order valence-electron chi connectivity index (χ1n) is 11.1. The van der Waals surface area contributed by atoms with Gasteiger partial charge in [0, 0.05) is 37.8 Å². The fraction of sp³-hybridized carbons (Fsp3) is 0.308. The maximum Gasteiger partial charge on any atom is 0.333 e. The summed E-state index contributed by atoms with van der Waals surface area (Å²) in [4.78, 5) is 17.5. The Balaban J connectivity index is 1.81. The SMILES string of the molecule is [C-]#[N+]/C(=C\c1cc2sc(/C=C/c3ccc(N(CCCC)CCCC)c(F)c3F)cc2s1)C(=O)O. The summed E-state index contributed by atoms with van der Waals surface area (Å²) in [5, 5.41) is 9.00. The van der Waals surface area contributed by atoms with Crippen LogP contribution in [0.2, 0.25) is 0 Å². The third kappa shape index (κ3) is 6.10. The maximum atomic E-state index is 14.9. The van der Waals surface area contributed by atoms with Crippen LogP contribution < -0.4 is 4.90 Å². The number of nitrogens with zero attached hydrogens (tertiary/aromatic N) is 2. The predicted octanol–water partition coefficient (Wildman–Crippen LogP) is 8.16. The van der Waals surface area contributed by atoms with E-state index in [4.69, 9.17) is 11.7 Å². The number of rotatable bonds is 11. The molecule has 0 spiro atoms. The van der Waals surface area contributed by atoms with E-state index in [0.717, 1.165) is 40.0 Å². The van der Waals surface area contributed by atoms with Crippen molar-refractivity contribution in [3.05, 3.63) is 68.3 Å². The molecule has 0 aliphatic heterocycles. The first-order valence-corrected chi connectivity index (χ1v) is 12.8. The van der Waals surface area contributed by atoms with Crippen LogP contribution >= 0.6 is 22.7 Å². The van der Waals surface area contributed by atoms with Crippen molar-refractivity contribution in [1.82, 2.24) is 0 Å². The van der Waals surface area contributed by atoms with Crippen molar-refractivity contribution < 1.29 is 18.7 Å². The molecule has 4 nitrogen and oxygen atoms in total. The number of fused-ring (bicyclic) bond motifs is 1. The molecule has 2 heterocycles. The minimum absolute atomic E-state index is 0.190. The Bertz CT molecular complexity index is 1230. The zero-order valence-electron chi connectivity index (χ0n) is 19.1. The number of carboxylic acids is 1. The molecule has 3 rings (SSSR count). The number of halogens is 2. The first-order chi connectivity index (χ1) is 16.4. The number of aliphatic carboxylic acids is 1. The summed E-state index contributed by atoms with van der Waals surface area (Å²) in [6, 6.07) is 7.02. The van der Waals surface area contributed by atoms with Gasteiger partial charge in [-0.1, -0.05) is 32.8 Å². The largest absolute Gasteiger partial charge is 0.486 e. The van der Waals surface area contributed by atoms with Gasteiger partial charge in [0.25, 0.3) is 5.70 Å². The Kier molecular flexibility index (Phi) is 8.97. The van der Waals surface area contributed by atoms with E-state index in [9.17, 15) is 13.6 Å². The highest BCUT2D eigenvalue weighted by atomic mass is 32.1. The van der Waals surface area contributed by atoms with Crippen molar-refractivity contribution in [2.45, 2.75) is 39.5 Å². The monoisotopic (exact) mass is 500 g/mol. The van der Waals surface area contributed by atoms with Crippen LogP contribution in [0.25, 0.3) is 32.5 Å². The summed E-state index contributed by atoms with van der Waals surface area (Å²) in [7, 11) is 0. The summed E-state index contributed by atoms with van der Waals surface area (Å²) in [6.07, 6.45) is 8.50. The van der Waals surface area contributed by atoms with Crippen molar-refractivity contribution in [3.63, 3.8) is 0 Å². The molecule has 1 N–H and O–H groups in total. The molecule has 1 aromatic carbocycles. The number of carboxylic acid groups (broad SMARTS) is 1. The topological polar surface area (TPSA) is 44.9 Å². The van der Waals surface area contributed by atoms with Crippen LogP contribution in [0.1, 0.15) is 54.8 Å². The van der Waals surface area contributed by atoms with E-state index in [1.807, 2.05) is 17.0 Å². The van der Waals surface area contributed by atoms with Crippen molar-refractivity contribution >= 4 is 62.0 Å². The van der Waals surface area contributed by atoms with E-state index in [0.29, 0.717) is 23.7 Å². The van der Waals surface area contributed by atoms with Gasteiger partial charge in [-0.05, 0) is 49.3 Å². The lowest BCUT2D eigenvalue weighted by molar-refractivity contribution is -0.132. The Hall–Kier alpha value is -3.02. The van der Waals surface area contributed by atoms with Gasteiger partial charge in [0.2, 0.25) is 0 Å². The molecule has 0 bridgehead atoms. The Labute approximate surface area is 206 Å². The van der Waals surface area contributed by atoms with E-state index >= 15 is 0 Å². The zero-order valence-corrected chi connectivity index (χ0v) is 20.7. The second-order valence-corrected chi connectivity index (χ2v) is 10.0. The third-order valence-electron chi connectivity index (χ3n) is 5.29. The number of carbonyl (C=O) groups is 1. The molecule has 3 aromatic rings. The van der Waals surface area contributed by atoms with Crippen molar-refractivity contribution in [2.24, 2.45) is 0 Å². The number of benzene rings is 1. The van der Waals surface area contributed by atoms with E-state index < -0.39 is 17.6 Å². The van der Waals surface area contributed by atoms with E-state index in [1.165, 1.54) is 28.7 Å². The highest BCUT2D eigenvalue weighted by Gasteiger charge is 2.17. The minimum Gasteiger partial charge on any atom is -0.486 e. The molecule has 2 aromatic heterocycles. The standard InChI is InChI=1S/C26H26F2N2O2S2/c1-4-6-12-30(13-7-5-2)21-11-9-17(24(27)25(21)28)8-10-18-15-22-23(33-18)16-19(34-22)14-20(29-3)26(31)32/h8-11,14-16H,4-7,12-13H2,1-2H3,(H,31,32)/b10-8+,20-14-. The summed E-state index contributed by atoms with van der Waals surface area (Å²) in [6.45, 7) is 12.5. The van der Waals surface area contributed by atoms with E-state index in [2.05, 4.69) is 18.7 Å². The summed E-state index contributed by atoms with van der Waals surface area (Å²) >= 11 is 2.84. The van der Waals surface area contributed by atoms with Gasteiger partial charge in [-0.15, -0.1) is 22.7 Å². The molecule has 0 saturated heterocycles. The Morgan fingerprint density at radius 3 is 2.24 bits per heavy atom. The maximum absolute atomic E-state index is 14.9. The predicted molar refractivity (Wildman–Crippen MR) is 139 cm³/mol. The smallest absolute Gasteiger partial charge is 0.333 e. The normalized spacial score (nSPS) is 11.9. The van der Waals surface area contributed by atoms with Crippen LogP contribution in [0.5, 0.6) is 0 Å². The highest BCUT2D eigenvalue weighted by molar-refractivity contribution is 7.28. The quantitative estimate of drug-likeness (QED) is 0.213. The molecule has 8 heteroatoms. The van der Waals surface area contributed by atoms with Crippen molar-refractivity contribution in [1.29, 1.82) is 0 Å². The average Bonchev–Trinajstić information content (AvgIpc) is 3.37. The van der Waals surface area contributed by atoms with E-state index in [1.54, 1.807) is 24.3 Å². The molecule has 178 valence electrons. The molecular weight excluding hydrogens is 474 g/mol. The molecule has 0 unspecified atom stereocenters. The van der Waals surface area contributed by atoms with Crippen LogP contribution in [0.15, 0.2) is 30.0 Å². The second kappa shape index (κ2) is 11.9. The number of unbranched alkanes of at least 4 members (excludes halogenated alkanes) is 2. The van der Waals surface area contributed by atoms with Gasteiger partial charge >= 0.3 is 5.97 Å². The first kappa shape index (κ1) is 25.6. The molecule has 34 heavy (non-hydrogen) atoms. The number of hydrogen-bond acceptors (Lipinski definition) is 4. The van der Waals surface area contributed by atoms with Crippen LogP contribution in [-0.4, -0.2) is 24.2 Å². The van der Waals surface area contributed by atoms with Crippen molar-refractivity contribution in [3.8, 4) is 0 Å². The lowest BCUT2D eigenvalue weighted by atomic mass is 10.1. The van der Waals surface area contributed by atoms with Crippen LogP contribution in [0.4, 0.5) is 14.5 Å². The van der Waals surface area contributed by atoms with Crippen LogP contribution in [-0.2, 0) is 4.79 Å². The van der Waals surface area contributed by atoms with Crippen molar-refractivity contribution in [2.75, 3.05) is 18.0 Å². The third-order valence-corrected chi connectivity index (χ3v) is 7.49. The molecule has 0 fully saturated rings. The minimum atomic E-state index is -1.26. The second-order valence-electron chi connectivity index (χ2n) is 7.80. The lowest BCUT2D eigenvalue weighted by Crippen LogP contribution is -2.27. The van der Waals surface area contributed by atoms with Gasteiger partial charge in [0.15, 0.2) is 11.6 Å². The Morgan fingerprint density at radius 1 is 1.03 bits per heavy atom. The van der Waals surface area contributed by atoms with Gasteiger partial charge in [0.05, 0.1) is 12.3 Å². The molecule has 0 aliphatic rings. The fourth-order valence-electron chi connectivity index (χ4n) is 3.45. The Morgan fingerprint density at radius 2 is 1.65 bits per heavy atom. The molecule has 0 amide bonds. The van der Waals surface area contributed by atoms with Gasteiger partial charge in [-0.25, -0.2) is 13.6 Å². The average molecular weight is 501 g/mol. The molecule has 0 aliphatic carbocycles. The highest BCUT2D eigenvalue weighted by Crippen LogP contribution is 2.35. The van der Waals surface area contributed by atoms with Gasteiger partial charge in [0.1, 0.15) is 0 Å². The number of hydrogen-bond donors (Lipinski definition) is 1. The van der Waals surface area contributed by atoms with Gasteiger partial charge in [-0.3, -0.25) is 4.79 Å². The zero-order chi connectivity index (χ0) is 24.7. The number of thiophene rings is 2. The molecule has 0 saturated carbocycles. The summed E-state index contributed by atoms with van der Waals surface area (Å²) in [5.74, 6) is -2.92.